The van der Waals surface area contributed by atoms with Gasteiger partial charge in [-0.1, -0.05) is 24.6 Å². The second kappa shape index (κ2) is 8.07. The van der Waals surface area contributed by atoms with E-state index in [0.717, 1.165) is 60.7 Å². The second-order valence-electron chi connectivity index (χ2n) is 9.78. The lowest BCUT2D eigenvalue weighted by Crippen LogP contribution is -2.56. The van der Waals surface area contributed by atoms with Gasteiger partial charge in [-0.3, -0.25) is 9.59 Å². The van der Waals surface area contributed by atoms with Gasteiger partial charge in [-0.15, -0.1) is 11.3 Å². The first kappa shape index (κ1) is 21.3. The number of benzene rings is 1. The van der Waals surface area contributed by atoms with Gasteiger partial charge >= 0.3 is 5.97 Å². The fourth-order valence-corrected chi connectivity index (χ4v) is 6.79. The predicted molar refractivity (Wildman–Crippen MR) is 128 cm³/mol. The molecule has 3 aromatic rings. The summed E-state index contributed by atoms with van der Waals surface area (Å²) in [6.07, 6.45) is 6.28. The fraction of sp³-hybridized carbons (Fsp3) is 0.462. The Morgan fingerprint density at radius 1 is 1.12 bits per heavy atom. The van der Waals surface area contributed by atoms with Crippen molar-refractivity contribution in [2.24, 2.45) is 11.8 Å². The van der Waals surface area contributed by atoms with Crippen molar-refractivity contribution in [2.75, 3.05) is 6.54 Å². The summed E-state index contributed by atoms with van der Waals surface area (Å²) in [5.41, 5.74) is 2.47. The van der Waals surface area contributed by atoms with Gasteiger partial charge in [0, 0.05) is 40.1 Å². The zero-order valence-corrected chi connectivity index (χ0v) is 19.5. The minimum Gasteiger partial charge on any atom is -0.481 e. The predicted octanol–water partition coefficient (Wildman–Crippen LogP) is 5.67. The Bertz CT molecular complexity index is 1150. The molecule has 1 saturated carbocycles. The van der Waals surface area contributed by atoms with Crippen molar-refractivity contribution in [1.82, 2.24) is 9.88 Å². The van der Waals surface area contributed by atoms with Crippen LogP contribution in [0.2, 0.25) is 0 Å². The summed E-state index contributed by atoms with van der Waals surface area (Å²) in [6, 6.07) is 10.4. The van der Waals surface area contributed by atoms with Crippen LogP contribution in [0.15, 0.2) is 41.9 Å². The number of hydrogen-bond donors (Lipinski definition) is 2. The van der Waals surface area contributed by atoms with Crippen LogP contribution in [0.5, 0.6) is 0 Å². The average molecular weight is 451 g/mol. The van der Waals surface area contributed by atoms with Crippen LogP contribution in [0.3, 0.4) is 0 Å². The Morgan fingerprint density at radius 3 is 2.72 bits per heavy atom. The molecule has 32 heavy (non-hydrogen) atoms. The van der Waals surface area contributed by atoms with Crippen LogP contribution >= 0.6 is 11.3 Å². The number of piperidine rings is 1. The smallest absolute Gasteiger partial charge is 0.306 e. The van der Waals surface area contributed by atoms with E-state index in [-0.39, 0.29) is 23.8 Å². The normalized spacial score (nSPS) is 23.8. The number of nitrogens with one attached hydrogen (secondary N) is 1. The number of hydrogen-bond acceptors (Lipinski definition) is 3. The molecule has 0 bridgehead atoms. The van der Waals surface area contributed by atoms with Crippen molar-refractivity contribution in [3.05, 3.63) is 47.5 Å². The first-order valence-corrected chi connectivity index (χ1v) is 12.5. The molecule has 6 heteroatoms. The average Bonchev–Trinajstić information content (AvgIpc) is 3.48. The van der Waals surface area contributed by atoms with Crippen molar-refractivity contribution in [2.45, 2.75) is 57.4 Å². The SMILES string of the molecule is CC(C)(C(=O)N1CCCC2C(C(=O)O)CCCC21)c1c[nH]c2cccc(-c3cccs3)c12. The Kier molecular flexibility index (Phi) is 5.36. The molecule has 2 aliphatic rings. The molecule has 5 nitrogen and oxygen atoms in total. The second-order valence-corrected chi connectivity index (χ2v) is 10.7. The number of carbonyl (C=O) groups is 2. The molecule has 1 aromatic carbocycles. The van der Waals surface area contributed by atoms with Crippen LogP contribution in [0.1, 0.15) is 51.5 Å². The highest BCUT2D eigenvalue weighted by Crippen LogP contribution is 2.43. The quantitative estimate of drug-likeness (QED) is 0.538. The maximum atomic E-state index is 14.1. The van der Waals surface area contributed by atoms with Crippen LogP contribution in [-0.4, -0.2) is 39.5 Å². The Morgan fingerprint density at radius 2 is 1.97 bits per heavy atom. The van der Waals surface area contributed by atoms with Gasteiger partial charge < -0.3 is 15.0 Å². The molecular formula is C26H30N2O3S. The number of nitrogens with zero attached hydrogens (tertiary/aromatic N) is 1. The monoisotopic (exact) mass is 450 g/mol. The third-order valence-electron chi connectivity index (χ3n) is 7.64. The molecule has 3 heterocycles. The standard InChI is InChI=1S/C26H30N2O3S/c1-26(2,19-15-27-20-10-3-8-18(23(19)20)22-12-6-14-32-22)25(31)28-13-5-9-16-17(24(29)30)7-4-11-21(16)28/h3,6,8,10,12,14-17,21,27H,4-5,7,9,11,13H2,1-2H3,(H,29,30). The van der Waals surface area contributed by atoms with Crippen molar-refractivity contribution < 1.29 is 14.7 Å². The highest BCUT2D eigenvalue weighted by Gasteiger charge is 2.46. The molecule has 1 aliphatic carbocycles. The van der Waals surface area contributed by atoms with Crippen LogP contribution in [0, 0.1) is 11.8 Å². The first-order chi connectivity index (χ1) is 15.4. The number of amides is 1. The largest absolute Gasteiger partial charge is 0.481 e. The van der Waals surface area contributed by atoms with Crippen molar-refractivity contribution >= 4 is 34.1 Å². The van der Waals surface area contributed by atoms with E-state index in [4.69, 9.17) is 0 Å². The number of rotatable bonds is 4. The third kappa shape index (κ3) is 3.36. The summed E-state index contributed by atoms with van der Waals surface area (Å²) in [5, 5.41) is 12.9. The van der Waals surface area contributed by atoms with E-state index in [9.17, 15) is 14.7 Å². The van der Waals surface area contributed by atoms with Gasteiger partial charge in [0.25, 0.3) is 0 Å². The molecule has 2 N–H and O–H groups in total. The van der Waals surface area contributed by atoms with Gasteiger partial charge in [0.1, 0.15) is 0 Å². The number of carboxylic acid groups (broad SMARTS) is 1. The summed E-state index contributed by atoms with van der Waals surface area (Å²) in [7, 11) is 0. The number of carboxylic acids is 1. The Hall–Kier alpha value is -2.60. The van der Waals surface area contributed by atoms with E-state index in [0.29, 0.717) is 0 Å². The molecule has 1 amide bonds. The highest BCUT2D eigenvalue weighted by molar-refractivity contribution is 7.13. The van der Waals surface area contributed by atoms with Gasteiger partial charge in [0.15, 0.2) is 0 Å². The molecule has 1 saturated heterocycles. The van der Waals surface area contributed by atoms with Crippen LogP contribution < -0.4 is 0 Å². The lowest BCUT2D eigenvalue weighted by Gasteiger charge is -2.48. The zero-order valence-electron chi connectivity index (χ0n) is 18.6. The summed E-state index contributed by atoms with van der Waals surface area (Å²) in [6.45, 7) is 4.75. The van der Waals surface area contributed by atoms with Crippen molar-refractivity contribution in [3.8, 4) is 10.4 Å². The minimum absolute atomic E-state index is 0.0346. The third-order valence-corrected chi connectivity index (χ3v) is 8.54. The number of H-pyrrole nitrogens is 1. The van der Waals surface area contributed by atoms with Gasteiger partial charge in [-0.2, -0.15) is 0 Å². The number of likely N-dealkylation sites (tertiary alicyclic amines) is 1. The summed E-state index contributed by atoms with van der Waals surface area (Å²) >= 11 is 1.70. The van der Waals surface area contributed by atoms with Crippen LogP contribution in [0.4, 0.5) is 0 Å². The molecule has 0 spiro atoms. The molecule has 168 valence electrons. The van der Waals surface area contributed by atoms with E-state index >= 15 is 0 Å². The number of carbonyl (C=O) groups excluding carboxylic acids is 1. The molecule has 5 rings (SSSR count). The summed E-state index contributed by atoms with van der Waals surface area (Å²) in [5.74, 6) is -0.851. The van der Waals surface area contributed by atoms with Gasteiger partial charge in [0.05, 0.1) is 11.3 Å². The maximum absolute atomic E-state index is 14.1. The molecular weight excluding hydrogens is 420 g/mol. The number of aromatic amines is 1. The van der Waals surface area contributed by atoms with Crippen molar-refractivity contribution in [3.63, 3.8) is 0 Å². The zero-order chi connectivity index (χ0) is 22.5. The summed E-state index contributed by atoms with van der Waals surface area (Å²) < 4.78 is 0. The van der Waals surface area contributed by atoms with Crippen LogP contribution in [0.25, 0.3) is 21.3 Å². The van der Waals surface area contributed by atoms with E-state index in [1.165, 1.54) is 4.88 Å². The number of aromatic nitrogens is 1. The van der Waals surface area contributed by atoms with E-state index < -0.39 is 11.4 Å². The fourth-order valence-electron chi connectivity index (χ4n) is 6.03. The molecule has 2 aromatic heterocycles. The van der Waals surface area contributed by atoms with E-state index in [1.54, 1.807) is 11.3 Å². The number of thiophene rings is 1. The maximum Gasteiger partial charge on any atom is 0.306 e. The van der Waals surface area contributed by atoms with Gasteiger partial charge in [-0.25, -0.2) is 0 Å². The topological polar surface area (TPSA) is 73.4 Å². The molecule has 1 aliphatic heterocycles. The minimum atomic E-state index is -0.719. The lowest BCUT2D eigenvalue weighted by molar-refractivity contribution is -0.153. The van der Waals surface area contributed by atoms with E-state index in [1.807, 2.05) is 24.9 Å². The van der Waals surface area contributed by atoms with Crippen molar-refractivity contribution in [1.29, 1.82) is 0 Å². The molecule has 0 radical (unpaired) electrons. The molecule has 3 atom stereocenters. The van der Waals surface area contributed by atoms with Gasteiger partial charge in [0.2, 0.25) is 5.91 Å². The molecule has 2 fully saturated rings. The summed E-state index contributed by atoms with van der Waals surface area (Å²) in [4.78, 5) is 32.5. The Balaban J connectivity index is 1.53. The first-order valence-electron chi connectivity index (χ1n) is 11.6. The lowest BCUT2D eigenvalue weighted by atomic mass is 9.70. The van der Waals surface area contributed by atoms with E-state index in [2.05, 4.69) is 40.7 Å². The van der Waals surface area contributed by atoms with Crippen LogP contribution in [-0.2, 0) is 15.0 Å². The molecule has 3 unspecified atom stereocenters. The Labute approximate surface area is 192 Å². The number of aliphatic carboxylic acids is 1. The highest BCUT2D eigenvalue weighted by atomic mass is 32.1. The number of fused-ring (bicyclic) bond motifs is 2. The van der Waals surface area contributed by atoms with Gasteiger partial charge in [-0.05, 0) is 68.5 Å².